The Labute approximate surface area is 109 Å². The monoisotopic (exact) mass is 254 g/mol. The number of methoxy groups -OCH3 is 2. The molecular weight excluding hydrogens is 232 g/mol. The Kier molecular flexibility index (Phi) is 6.50. The van der Waals surface area contributed by atoms with E-state index in [1.54, 1.807) is 14.2 Å². The van der Waals surface area contributed by atoms with E-state index in [0.717, 1.165) is 18.6 Å². The highest BCUT2D eigenvalue weighted by Gasteiger charge is 2.18. The minimum Gasteiger partial charge on any atom is -0.499 e. The van der Waals surface area contributed by atoms with Crippen LogP contribution in [0.1, 0.15) is 26.2 Å². The second-order valence-corrected chi connectivity index (χ2v) is 4.30. The summed E-state index contributed by atoms with van der Waals surface area (Å²) < 4.78 is 15.2. The van der Waals surface area contributed by atoms with Crippen LogP contribution in [0.4, 0.5) is 0 Å². The Hall–Kier alpha value is -1.29. The van der Waals surface area contributed by atoms with E-state index in [-0.39, 0.29) is 11.9 Å². The van der Waals surface area contributed by atoms with Gasteiger partial charge in [0.2, 0.25) is 0 Å². The number of ether oxygens (including phenoxy) is 3. The Morgan fingerprint density at radius 3 is 2.89 bits per heavy atom. The summed E-state index contributed by atoms with van der Waals surface area (Å²) in [7, 11) is 3.27. The summed E-state index contributed by atoms with van der Waals surface area (Å²) in [5.74, 6) is 0.976. The molecule has 4 nitrogen and oxygen atoms in total. The molecule has 0 heterocycles. The molecule has 0 aromatic carbocycles. The number of carbonyl (C=O) groups is 1. The molecule has 0 amide bonds. The lowest BCUT2D eigenvalue weighted by atomic mass is 10.1. The van der Waals surface area contributed by atoms with Crippen molar-refractivity contribution in [1.82, 2.24) is 0 Å². The Morgan fingerprint density at radius 1 is 1.50 bits per heavy atom. The van der Waals surface area contributed by atoms with E-state index in [1.165, 1.54) is 5.57 Å². The molecule has 0 aromatic heterocycles. The molecule has 1 aliphatic carbocycles. The molecule has 0 aliphatic heterocycles. The van der Waals surface area contributed by atoms with E-state index in [0.29, 0.717) is 19.6 Å². The lowest BCUT2D eigenvalue weighted by molar-refractivity contribution is -0.143. The van der Waals surface area contributed by atoms with Crippen molar-refractivity contribution in [2.24, 2.45) is 5.92 Å². The van der Waals surface area contributed by atoms with Crippen LogP contribution in [0.3, 0.4) is 0 Å². The quantitative estimate of drug-likeness (QED) is 0.517. The van der Waals surface area contributed by atoms with Gasteiger partial charge in [-0.3, -0.25) is 4.79 Å². The fourth-order valence-electron chi connectivity index (χ4n) is 2.05. The van der Waals surface area contributed by atoms with Gasteiger partial charge < -0.3 is 14.2 Å². The third-order valence-corrected chi connectivity index (χ3v) is 2.88. The molecule has 0 saturated carbocycles. The Morgan fingerprint density at radius 2 is 2.28 bits per heavy atom. The van der Waals surface area contributed by atoms with Crippen LogP contribution in [-0.4, -0.2) is 33.4 Å². The van der Waals surface area contributed by atoms with Gasteiger partial charge in [0.15, 0.2) is 0 Å². The Balaban J connectivity index is 2.52. The highest BCUT2D eigenvalue weighted by molar-refractivity contribution is 5.70. The molecule has 1 unspecified atom stereocenters. The molecule has 0 N–H and O–H groups in total. The summed E-state index contributed by atoms with van der Waals surface area (Å²) in [6, 6.07) is 0. The van der Waals surface area contributed by atoms with Gasteiger partial charge in [-0.05, 0) is 37.3 Å². The zero-order chi connectivity index (χ0) is 13.4. The molecule has 0 bridgehead atoms. The van der Waals surface area contributed by atoms with Crippen molar-refractivity contribution in [3.8, 4) is 0 Å². The fraction of sp³-hybridized carbons (Fsp3) is 0.643. The molecule has 0 spiro atoms. The van der Waals surface area contributed by atoms with E-state index < -0.39 is 0 Å². The highest BCUT2D eigenvalue weighted by Crippen LogP contribution is 2.28. The molecule has 0 radical (unpaired) electrons. The van der Waals surface area contributed by atoms with Crippen LogP contribution in [-0.2, 0) is 19.0 Å². The average Bonchev–Trinajstić information content (AvgIpc) is 2.76. The highest BCUT2D eigenvalue weighted by atomic mass is 16.5. The maximum atomic E-state index is 11.4. The van der Waals surface area contributed by atoms with Crippen molar-refractivity contribution in [3.05, 3.63) is 23.5 Å². The lowest BCUT2D eigenvalue weighted by Crippen LogP contribution is -2.08. The standard InChI is InChI=1S/C14H22O4/c1-4-18-14(15)9-12-6-5-11(7-12)8-13(17-3)10-16-2/h7-8,12H,4-6,9-10H2,1-3H3/b13-8+. The van der Waals surface area contributed by atoms with Crippen molar-refractivity contribution in [1.29, 1.82) is 0 Å². The van der Waals surface area contributed by atoms with Crippen LogP contribution in [0, 0.1) is 5.92 Å². The molecule has 0 fully saturated rings. The first-order valence-corrected chi connectivity index (χ1v) is 6.29. The number of carbonyl (C=O) groups excluding carboxylic acids is 1. The van der Waals surface area contributed by atoms with E-state index >= 15 is 0 Å². The second kappa shape index (κ2) is 7.93. The maximum Gasteiger partial charge on any atom is 0.306 e. The summed E-state index contributed by atoms with van der Waals surface area (Å²) in [4.78, 5) is 11.4. The molecule has 18 heavy (non-hydrogen) atoms. The first-order chi connectivity index (χ1) is 8.69. The van der Waals surface area contributed by atoms with Crippen molar-refractivity contribution in [2.75, 3.05) is 27.4 Å². The van der Waals surface area contributed by atoms with Crippen LogP contribution in [0.5, 0.6) is 0 Å². The van der Waals surface area contributed by atoms with E-state index in [9.17, 15) is 4.79 Å². The van der Waals surface area contributed by atoms with Crippen molar-refractivity contribution >= 4 is 5.97 Å². The normalized spacial score (nSPS) is 19.6. The van der Waals surface area contributed by atoms with Crippen LogP contribution >= 0.6 is 0 Å². The van der Waals surface area contributed by atoms with Gasteiger partial charge in [0.1, 0.15) is 12.4 Å². The number of hydrogen-bond acceptors (Lipinski definition) is 4. The van der Waals surface area contributed by atoms with Gasteiger partial charge in [-0.1, -0.05) is 6.08 Å². The molecule has 0 aromatic rings. The predicted octanol–water partition coefficient (Wildman–Crippen LogP) is 2.45. The van der Waals surface area contributed by atoms with Crippen molar-refractivity contribution < 1.29 is 19.0 Å². The zero-order valence-corrected chi connectivity index (χ0v) is 11.4. The largest absolute Gasteiger partial charge is 0.499 e. The molecule has 1 aliphatic rings. The van der Waals surface area contributed by atoms with Gasteiger partial charge in [0.25, 0.3) is 0 Å². The Bertz CT molecular complexity index is 331. The first-order valence-electron chi connectivity index (χ1n) is 6.29. The fourth-order valence-corrected chi connectivity index (χ4v) is 2.05. The topological polar surface area (TPSA) is 44.8 Å². The van der Waals surface area contributed by atoms with Gasteiger partial charge in [-0.15, -0.1) is 0 Å². The van der Waals surface area contributed by atoms with Crippen molar-refractivity contribution in [3.63, 3.8) is 0 Å². The van der Waals surface area contributed by atoms with Gasteiger partial charge in [-0.25, -0.2) is 0 Å². The molecule has 102 valence electrons. The number of allylic oxidation sites excluding steroid dienone is 3. The van der Waals surface area contributed by atoms with E-state index in [1.807, 2.05) is 13.0 Å². The van der Waals surface area contributed by atoms with Crippen LogP contribution in [0.25, 0.3) is 0 Å². The number of rotatable bonds is 7. The minimum atomic E-state index is -0.118. The lowest BCUT2D eigenvalue weighted by Gasteiger charge is -2.05. The maximum absolute atomic E-state index is 11.4. The van der Waals surface area contributed by atoms with Gasteiger partial charge in [0, 0.05) is 7.11 Å². The molecule has 0 saturated heterocycles. The van der Waals surface area contributed by atoms with Crippen LogP contribution < -0.4 is 0 Å². The molecule has 1 rings (SSSR count). The van der Waals surface area contributed by atoms with Gasteiger partial charge >= 0.3 is 5.97 Å². The SMILES string of the molecule is CCOC(=O)CC1C=C(/C=C(\COC)OC)CC1. The third kappa shape index (κ3) is 4.92. The molecule has 4 heteroatoms. The van der Waals surface area contributed by atoms with E-state index in [2.05, 4.69) is 6.08 Å². The smallest absolute Gasteiger partial charge is 0.306 e. The van der Waals surface area contributed by atoms with Gasteiger partial charge in [0.05, 0.1) is 20.1 Å². The molecule has 1 atom stereocenters. The predicted molar refractivity (Wildman–Crippen MR) is 69.0 cm³/mol. The third-order valence-electron chi connectivity index (χ3n) is 2.88. The average molecular weight is 254 g/mol. The van der Waals surface area contributed by atoms with Gasteiger partial charge in [-0.2, -0.15) is 0 Å². The summed E-state index contributed by atoms with van der Waals surface area (Å²) >= 11 is 0. The minimum absolute atomic E-state index is 0.118. The van der Waals surface area contributed by atoms with E-state index in [4.69, 9.17) is 14.2 Å². The molecular formula is C14H22O4. The number of hydrogen-bond donors (Lipinski definition) is 0. The summed E-state index contributed by atoms with van der Waals surface area (Å²) in [6.07, 6.45) is 6.56. The zero-order valence-electron chi connectivity index (χ0n) is 11.4. The first kappa shape index (κ1) is 14.8. The number of esters is 1. The van der Waals surface area contributed by atoms with Crippen LogP contribution in [0.2, 0.25) is 0 Å². The summed E-state index contributed by atoms with van der Waals surface area (Å²) in [5.41, 5.74) is 1.21. The summed E-state index contributed by atoms with van der Waals surface area (Å²) in [5, 5.41) is 0. The van der Waals surface area contributed by atoms with Crippen molar-refractivity contribution in [2.45, 2.75) is 26.2 Å². The second-order valence-electron chi connectivity index (χ2n) is 4.30. The summed E-state index contributed by atoms with van der Waals surface area (Å²) in [6.45, 7) is 2.74. The van der Waals surface area contributed by atoms with Crippen LogP contribution in [0.15, 0.2) is 23.5 Å².